The topological polar surface area (TPSA) is 32.7 Å². The van der Waals surface area contributed by atoms with Gasteiger partial charge in [-0.2, -0.15) is 0 Å². The number of benzene rings is 1. The summed E-state index contributed by atoms with van der Waals surface area (Å²) >= 11 is 0. The molecule has 19 heavy (non-hydrogen) atoms. The normalized spacial score (nSPS) is 11.1. The van der Waals surface area contributed by atoms with E-state index in [-0.39, 0.29) is 6.61 Å². The molecule has 3 heteroatoms. The van der Waals surface area contributed by atoms with E-state index in [1.165, 1.54) is 22.3 Å². The molecule has 3 nitrogen and oxygen atoms in total. The first-order chi connectivity index (χ1) is 9.01. The van der Waals surface area contributed by atoms with Crippen molar-refractivity contribution in [3.05, 3.63) is 28.3 Å². The Morgan fingerprint density at radius 2 is 1.84 bits per heavy atom. The van der Waals surface area contributed by atoms with Gasteiger partial charge in [-0.25, -0.2) is 0 Å². The van der Waals surface area contributed by atoms with Gasteiger partial charge < -0.3 is 14.7 Å². The van der Waals surface area contributed by atoms with E-state index in [9.17, 15) is 0 Å². The summed E-state index contributed by atoms with van der Waals surface area (Å²) in [5.74, 6) is 1.00. The smallest absolute Gasteiger partial charge is 0.124 e. The maximum Gasteiger partial charge on any atom is 0.124 e. The second-order valence-electron chi connectivity index (χ2n) is 5.30. The Balaban J connectivity index is 2.79. The molecule has 0 radical (unpaired) electrons. The van der Waals surface area contributed by atoms with Crippen LogP contribution in [-0.4, -0.2) is 37.3 Å². The maximum atomic E-state index is 8.81. The number of nitrogens with zero attached hydrogens (tertiary/aromatic N) is 1. The number of hydrogen-bond acceptors (Lipinski definition) is 3. The molecule has 0 aromatic heterocycles. The number of ether oxygens (including phenoxy) is 1. The number of aliphatic hydroxyl groups is 1. The molecule has 0 fully saturated rings. The Morgan fingerprint density at radius 3 is 2.42 bits per heavy atom. The van der Waals surface area contributed by atoms with Crippen molar-refractivity contribution in [2.24, 2.45) is 0 Å². The van der Waals surface area contributed by atoms with Crippen LogP contribution in [0.4, 0.5) is 0 Å². The number of aryl methyl sites for hydroxylation is 1. The zero-order valence-electron chi connectivity index (χ0n) is 12.9. The van der Waals surface area contributed by atoms with Crippen molar-refractivity contribution in [3.63, 3.8) is 0 Å². The highest BCUT2D eigenvalue weighted by Crippen LogP contribution is 2.29. The number of methoxy groups -OCH3 is 1. The second kappa shape index (κ2) is 7.51. The zero-order valence-corrected chi connectivity index (χ0v) is 12.9. The predicted octanol–water partition coefficient (Wildman–Crippen LogP) is 2.82. The summed E-state index contributed by atoms with van der Waals surface area (Å²) in [7, 11) is 3.86. The van der Waals surface area contributed by atoms with Gasteiger partial charge in [0.15, 0.2) is 0 Å². The van der Waals surface area contributed by atoms with Crippen LogP contribution >= 0.6 is 0 Å². The van der Waals surface area contributed by atoms with Crippen LogP contribution in [0.2, 0.25) is 0 Å². The van der Waals surface area contributed by atoms with Gasteiger partial charge >= 0.3 is 0 Å². The van der Waals surface area contributed by atoms with Crippen molar-refractivity contribution < 1.29 is 9.84 Å². The Hall–Kier alpha value is -1.06. The summed E-state index contributed by atoms with van der Waals surface area (Å²) in [5.41, 5.74) is 5.12. The lowest BCUT2D eigenvalue weighted by molar-refractivity contribution is 0.261. The first-order valence-electron chi connectivity index (χ1n) is 6.94. The number of hydrogen-bond donors (Lipinski definition) is 1. The third-order valence-electron chi connectivity index (χ3n) is 3.73. The Kier molecular flexibility index (Phi) is 6.32. The van der Waals surface area contributed by atoms with Crippen LogP contribution in [0.5, 0.6) is 5.75 Å². The van der Waals surface area contributed by atoms with Gasteiger partial charge in [-0.15, -0.1) is 0 Å². The quantitative estimate of drug-likeness (QED) is 0.770. The number of unbranched alkanes of at least 4 members (excludes halogenated alkanes) is 1. The van der Waals surface area contributed by atoms with E-state index in [4.69, 9.17) is 9.84 Å². The summed E-state index contributed by atoms with van der Waals surface area (Å²) in [6.07, 6.45) is 1.92. The first-order valence-corrected chi connectivity index (χ1v) is 6.94. The molecule has 0 spiro atoms. The molecule has 0 saturated carbocycles. The second-order valence-corrected chi connectivity index (χ2v) is 5.30. The fourth-order valence-electron chi connectivity index (χ4n) is 2.48. The van der Waals surface area contributed by atoms with Gasteiger partial charge in [0.05, 0.1) is 7.11 Å². The molecule has 0 saturated heterocycles. The van der Waals surface area contributed by atoms with Gasteiger partial charge in [0.25, 0.3) is 0 Å². The minimum Gasteiger partial charge on any atom is -0.496 e. The molecular formula is C16H27NO2. The zero-order chi connectivity index (χ0) is 14.4. The molecule has 0 bridgehead atoms. The first kappa shape index (κ1) is 16.0. The van der Waals surface area contributed by atoms with Crippen molar-refractivity contribution in [3.8, 4) is 5.75 Å². The molecular weight excluding hydrogens is 238 g/mol. The van der Waals surface area contributed by atoms with Crippen LogP contribution in [0.25, 0.3) is 0 Å². The highest BCUT2D eigenvalue weighted by atomic mass is 16.5. The molecule has 0 aliphatic heterocycles. The lowest BCUT2D eigenvalue weighted by atomic mass is 9.98. The minimum atomic E-state index is 0.285. The molecule has 1 aromatic carbocycles. The van der Waals surface area contributed by atoms with E-state index in [2.05, 4.69) is 38.8 Å². The molecule has 0 amide bonds. The van der Waals surface area contributed by atoms with Crippen LogP contribution < -0.4 is 4.74 Å². The Bertz CT molecular complexity index is 416. The van der Waals surface area contributed by atoms with Crippen molar-refractivity contribution >= 4 is 0 Å². The molecule has 0 aliphatic rings. The van der Waals surface area contributed by atoms with E-state index in [1.54, 1.807) is 7.11 Å². The average Bonchev–Trinajstić information content (AvgIpc) is 2.36. The van der Waals surface area contributed by atoms with Crippen LogP contribution in [0.15, 0.2) is 6.07 Å². The highest BCUT2D eigenvalue weighted by Gasteiger charge is 2.11. The maximum absolute atomic E-state index is 8.81. The van der Waals surface area contributed by atoms with Crippen molar-refractivity contribution in [1.82, 2.24) is 4.90 Å². The van der Waals surface area contributed by atoms with E-state index < -0.39 is 0 Å². The number of aliphatic hydroxyl groups excluding tert-OH is 1. The fourth-order valence-corrected chi connectivity index (χ4v) is 2.48. The standard InChI is InChI=1S/C16H27NO2/c1-12-10-15(11-17(4)8-6-7-9-18)13(2)14(3)16(12)19-5/h10,18H,6-9,11H2,1-5H3. The van der Waals surface area contributed by atoms with Gasteiger partial charge in [0, 0.05) is 13.2 Å². The molecule has 0 unspecified atom stereocenters. The van der Waals surface area contributed by atoms with Crippen LogP contribution in [0.3, 0.4) is 0 Å². The van der Waals surface area contributed by atoms with Crippen LogP contribution in [0, 0.1) is 20.8 Å². The van der Waals surface area contributed by atoms with Gasteiger partial charge in [-0.05, 0) is 69.5 Å². The third-order valence-corrected chi connectivity index (χ3v) is 3.73. The summed E-state index contributed by atoms with van der Waals surface area (Å²) in [6.45, 7) is 8.63. The minimum absolute atomic E-state index is 0.285. The van der Waals surface area contributed by atoms with Gasteiger partial charge in [-0.1, -0.05) is 6.07 Å². The van der Waals surface area contributed by atoms with E-state index in [1.807, 2.05) is 0 Å². The van der Waals surface area contributed by atoms with Gasteiger partial charge in [0.1, 0.15) is 5.75 Å². The summed E-state index contributed by atoms with van der Waals surface area (Å²) in [5, 5.41) is 8.81. The molecule has 108 valence electrons. The average molecular weight is 265 g/mol. The summed E-state index contributed by atoms with van der Waals surface area (Å²) < 4.78 is 5.45. The highest BCUT2D eigenvalue weighted by molar-refractivity contribution is 5.48. The van der Waals surface area contributed by atoms with Gasteiger partial charge in [-0.3, -0.25) is 0 Å². The summed E-state index contributed by atoms with van der Waals surface area (Å²) in [6, 6.07) is 2.23. The third kappa shape index (κ3) is 4.22. The van der Waals surface area contributed by atoms with E-state index in [0.717, 1.165) is 31.7 Å². The van der Waals surface area contributed by atoms with E-state index >= 15 is 0 Å². The Morgan fingerprint density at radius 1 is 1.16 bits per heavy atom. The van der Waals surface area contributed by atoms with E-state index in [0.29, 0.717) is 0 Å². The SMILES string of the molecule is COc1c(C)cc(CN(C)CCCCO)c(C)c1C. The lowest BCUT2D eigenvalue weighted by Crippen LogP contribution is -2.20. The van der Waals surface area contributed by atoms with Crippen LogP contribution in [-0.2, 0) is 6.54 Å². The van der Waals surface area contributed by atoms with Crippen molar-refractivity contribution in [2.75, 3.05) is 27.3 Å². The molecule has 0 heterocycles. The van der Waals surface area contributed by atoms with Crippen molar-refractivity contribution in [1.29, 1.82) is 0 Å². The van der Waals surface area contributed by atoms with Gasteiger partial charge in [0.2, 0.25) is 0 Å². The largest absolute Gasteiger partial charge is 0.496 e. The molecule has 1 aromatic rings. The van der Waals surface area contributed by atoms with Crippen molar-refractivity contribution in [2.45, 2.75) is 40.2 Å². The molecule has 1 rings (SSSR count). The number of rotatable bonds is 7. The van der Waals surface area contributed by atoms with Crippen LogP contribution in [0.1, 0.15) is 35.1 Å². The Labute approximate surface area is 117 Å². The monoisotopic (exact) mass is 265 g/mol. The molecule has 1 N–H and O–H groups in total. The molecule has 0 aliphatic carbocycles. The molecule has 0 atom stereocenters. The fraction of sp³-hybridized carbons (Fsp3) is 0.625. The lowest BCUT2D eigenvalue weighted by Gasteiger charge is -2.21. The summed E-state index contributed by atoms with van der Waals surface area (Å²) in [4.78, 5) is 2.31. The predicted molar refractivity (Wildman–Crippen MR) is 79.9 cm³/mol.